The lowest BCUT2D eigenvalue weighted by atomic mass is 10.1. The molecule has 0 saturated carbocycles. The van der Waals surface area contributed by atoms with E-state index in [9.17, 15) is 14.4 Å². The Balaban J connectivity index is 1.84. The average Bonchev–Trinajstić information content (AvgIpc) is 3.14. The maximum absolute atomic E-state index is 13.0. The molecule has 34 heavy (non-hydrogen) atoms. The van der Waals surface area contributed by atoms with E-state index in [0.29, 0.717) is 16.6 Å². The van der Waals surface area contributed by atoms with Crippen LogP contribution in [0.5, 0.6) is 0 Å². The highest BCUT2D eigenvalue weighted by atomic mass is 79.9. The van der Waals surface area contributed by atoms with Crippen molar-refractivity contribution in [3.63, 3.8) is 0 Å². The molecular formula is C26H28BrN3O4. The van der Waals surface area contributed by atoms with Crippen LogP contribution in [0.2, 0.25) is 0 Å². The lowest BCUT2D eigenvalue weighted by Gasteiger charge is -2.26. The number of nitrogens with zero attached hydrogens (tertiary/aromatic N) is 2. The zero-order valence-corrected chi connectivity index (χ0v) is 21.4. The number of halogens is 1. The molecular weight excluding hydrogens is 498 g/mol. The van der Waals surface area contributed by atoms with E-state index in [4.69, 9.17) is 4.74 Å². The second-order valence-electron chi connectivity index (χ2n) is 9.04. The Hall–Kier alpha value is -3.39. The highest BCUT2D eigenvalue weighted by Gasteiger charge is 2.21. The Kier molecular flexibility index (Phi) is 7.61. The van der Waals surface area contributed by atoms with E-state index < -0.39 is 17.6 Å². The van der Waals surface area contributed by atoms with Gasteiger partial charge in [0.2, 0.25) is 0 Å². The highest BCUT2D eigenvalue weighted by Crippen LogP contribution is 2.24. The van der Waals surface area contributed by atoms with Crippen LogP contribution >= 0.6 is 15.9 Å². The molecule has 1 N–H and O–H groups in total. The summed E-state index contributed by atoms with van der Waals surface area (Å²) in [5.41, 5.74) is 3.82. The standard InChI is InChI=1S/C26H28BrN3O4/c1-17(2)30(28-24(32)18-10-13-20(27)14-11-18)23(31)15-12-19-16-29(25(33)34-26(3,4)5)22-9-7-6-8-21(19)22/h6-17H,1-5H3,(H,28,32)/b15-12+. The van der Waals surface area contributed by atoms with E-state index in [1.165, 1.54) is 15.7 Å². The van der Waals surface area contributed by atoms with Gasteiger partial charge in [-0.1, -0.05) is 34.1 Å². The van der Waals surface area contributed by atoms with Crippen molar-refractivity contribution in [2.75, 3.05) is 0 Å². The third-order valence-electron chi connectivity index (χ3n) is 4.82. The van der Waals surface area contributed by atoms with Crippen molar-refractivity contribution in [2.45, 2.75) is 46.3 Å². The zero-order chi connectivity index (χ0) is 25.0. The van der Waals surface area contributed by atoms with Crippen molar-refractivity contribution in [3.8, 4) is 0 Å². The molecule has 2 aromatic carbocycles. The molecule has 0 aliphatic heterocycles. The quantitative estimate of drug-likeness (QED) is 0.345. The van der Waals surface area contributed by atoms with Gasteiger partial charge < -0.3 is 4.74 Å². The molecule has 178 valence electrons. The summed E-state index contributed by atoms with van der Waals surface area (Å²) in [6.45, 7) is 9.03. The molecule has 1 aromatic heterocycles. The van der Waals surface area contributed by atoms with E-state index >= 15 is 0 Å². The number of hydrogen-bond acceptors (Lipinski definition) is 4. The number of rotatable bonds is 4. The van der Waals surface area contributed by atoms with E-state index in [0.717, 1.165) is 9.86 Å². The lowest BCUT2D eigenvalue weighted by molar-refractivity contribution is -0.130. The molecule has 0 bridgehead atoms. The van der Waals surface area contributed by atoms with E-state index in [1.807, 2.05) is 38.1 Å². The van der Waals surface area contributed by atoms with Gasteiger partial charge in [0.25, 0.3) is 11.8 Å². The third-order valence-corrected chi connectivity index (χ3v) is 5.35. The van der Waals surface area contributed by atoms with Crippen LogP contribution in [0.4, 0.5) is 4.79 Å². The first-order chi connectivity index (χ1) is 16.0. The van der Waals surface area contributed by atoms with Crippen LogP contribution in [0.15, 0.2) is 65.3 Å². The van der Waals surface area contributed by atoms with Crippen molar-refractivity contribution >= 4 is 50.8 Å². The first kappa shape index (κ1) is 25.2. The Morgan fingerprint density at radius 2 is 1.71 bits per heavy atom. The van der Waals surface area contributed by atoms with Crippen LogP contribution in [-0.2, 0) is 9.53 Å². The fourth-order valence-electron chi connectivity index (χ4n) is 3.26. The Labute approximate surface area is 207 Å². The van der Waals surface area contributed by atoms with Gasteiger partial charge in [-0.2, -0.15) is 0 Å². The summed E-state index contributed by atoms with van der Waals surface area (Å²) in [6.07, 6.45) is 4.15. The number of hydrazine groups is 1. The highest BCUT2D eigenvalue weighted by molar-refractivity contribution is 9.10. The monoisotopic (exact) mass is 525 g/mol. The summed E-state index contributed by atoms with van der Waals surface area (Å²) >= 11 is 3.34. The van der Waals surface area contributed by atoms with E-state index in [-0.39, 0.29) is 11.9 Å². The summed E-state index contributed by atoms with van der Waals surface area (Å²) < 4.78 is 7.79. The first-order valence-electron chi connectivity index (χ1n) is 10.9. The minimum Gasteiger partial charge on any atom is -0.443 e. The molecule has 7 nitrogen and oxygen atoms in total. The fourth-order valence-corrected chi connectivity index (χ4v) is 3.52. The number of ether oxygens (including phenoxy) is 1. The van der Waals surface area contributed by atoms with Gasteiger partial charge >= 0.3 is 6.09 Å². The van der Waals surface area contributed by atoms with Gasteiger partial charge in [-0.3, -0.25) is 19.6 Å². The van der Waals surface area contributed by atoms with Crippen molar-refractivity contribution in [1.29, 1.82) is 0 Å². The molecule has 0 saturated heterocycles. The second-order valence-corrected chi connectivity index (χ2v) is 9.95. The molecule has 8 heteroatoms. The van der Waals surface area contributed by atoms with Gasteiger partial charge in [0, 0.05) is 39.3 Å². The molecule has 0 aliphatic carbocycles. The Morgan fingerprint density at radius 3 is 2.32 bits per heavy atom. The molecule has 3 rings (SSSR count). The summed E-state index contributed by atoms with van der Waals surface area (Å²) in [7, 11) is 0. The summed E-state index contributed by atoms with van der Waals surface area (Å²) in [6, 6.07) is 14.0. The molecule has 0 aliphatic rings. The number of para-hydroxylation sites is 1. The SMILES string of the molecule is CC(C)N(NC(=O)c1ccc(Br)cc1)C(=O)/C=C/c1cn(C(=O)OC(C)(C)C)c2ccccc12. The number of amides is 2. The average molecular weight is 526 g/mol. The van der Waals surface area contributed by atoms with Crippen LogP contribution in [0.3, 0.4) is 0 Å². The summed E-state index contributed by atoms with van der Waals surface area (Å²) in [4.78, 5) is 38.3. The summed E-state index contributed by atoms with van der Waals surface area (Å²) in [5.74, 6) is -0.779. The number of carbonyl (C=O) groups is 3. The lowest BCUT2D eigenvalue weighted by Crippen LogP contribution is -2.49. The Bertz CT molecular complexity index is 1240. The van der Waals surface area contributed by atoms with E-state index in [1.54, 1.807) is 57.3 Å². The molecule has 1 heterocycles. The van der Waals surface area contributed by atoms with Gasteiger partial charge in [0.15, 0.2) is 0 Å². The van der Waals surface area contributed by atoms with Crippen LogP contribution < -0.4 is 5.43 Å². The van der Waals surface area contributed by atoms with Crippen molar-refractivity contribution < 1.29 is 19.1 Å². The number of aromatic nitrogens is 1. The Morgan fingerprint density at radius 1 is 1.06 bits per heavy atom. The zero-order valence-electron chi connectivity index (χ0n) is 19.8. The van der Waals surface area contributed by atoms with Crippen LogP contribution in [0.25, 0.3) is 17.0 Å². The fraction of sp³-hybridized carbons (Fsp3) is 0.269. The predicted molar refractivity (Wildman–Crippen MR) is 136 cm³/mol. The van der Waals surface area contributed by atoms with Crippen molar-refractivity contribution in [2.24, 2.45) is 0 Å². The first-order valence-corrected chi connectivity index (χ1v) is 11.7. The molecule has 0 spiro atoms. The minimum atomic E-state index is -0.640. The molecule has 0 atom stereocenters. The molecule has 0 unspecified atom stereocenters. The number of nitrogens with one attached hydrogen (secondary N) is 1. The van der Waals surface area contributed by atoms with Gasteiger partial charge in [-0.15, -0.1) is 0 Å². The number of hydrogen-bond donors (Lipinski definition) is 1. The number of benzene rings is 2. The molecule has 3 aromatic rings. The largest absolute Gasteiger partial charge is 0.443 e. The van der Waals surface area contributed by atoms with Crippen molar-refractivity contribution in [1.82, 2.24) is 15.0 Å². The van der Waals surface area contributed by atoms with Gasteiger partial charge in [-0.05, 0) is 71.0 Å². The topological polar surface area (TPSA) is 80.6 Å². The predicted octanol–water partition coefficient (Wildman–Crippen LogP) is 5.78. The normalized spacial score (nSPS) is 11.7. The third kappa shape index (κ3) is 6.14. The molecule has 0 radical (unpaired) electrons. The van der Waals surface area contributed by atoms with Crippen molar-refractivity contribution in [3.05, 3.63) is 76.4 Å². The smallest absolute Gasteiger partial charge is 0.419 e. The summed E-state index contributed by atoms with van der Waals surface area (Å²) in [5, 5.41) is 2.07. The number of fused-ring (bicyclic) bond motifs is 1. The van der Waals surface area contributed by atoms with Gasteiger partial charge in [0.1, 0.15) is 5.60 Å². The maximum atomic E-state index is 13.0. The van der Waals surface area contributed by atoms with Gasteiger partial charge in [0.05, 0.1) is 5.52 Å². The van der Waals surface area contributed by atoms with Crippen LogP contribution in [0.1, 0.15) is 50.5 Å². The van der Waals surface area contributed by atoms with Crippen LogP contribution in [0, 0.1) is 0 Å². The molecule has 0 fully saturated rings. The van der Waals surface area contributed by atoms with E-state index in [2.05, 4.69) is 21.4 Å². The minimum absolute atomic E-state index is 0.278. The number of carbonyl (C=O) groups excluding carboxylic acids is 3. The second kappa shape index (κ2) is 10.3. The maximum Gasteiger partial charge on any atom is 0.419 e. The molecule has 2 amide bonds. The van der Waals surface area contributed by atoms with Gasteiger partial charge in [-0.25, -0.2) is 9.80 Å². The van der Waals surface area contributed by atoms with Crippen LogP contribution in [-0.4, -0.2) is 39.1 Å².